The van der Waals surface area contributed by atoms with Gasteiger partial charge in [0, 0.05) is 56.5 Å². The number of hydrogen-bond donors (Lipinski definition) is 3. The second kappa shape index (κ2) is 14.7. The third-order valence-corrected chi connectivity index (χ3v) is 5.84. The average Bonchev–Trinajstić information content (AvgIpc) is 2.90. The van der Waals surface area contributed by atoms with Crippen LogP contribution in [0, 0.1) is 5.41 Å². The molecule has 1 saturated heterocycles. The van der Waals surface area contributed by atoms with Crippen molar-refractivity contribution in [2.45, 2.75) is 27.2 Å². The predicted octanol–water partition coefficient (Wildman–Crippen LogP) is 3.66. The summed E-state index contributed by atoms with van der Waals surface area (Å²) in [6, 6.07) is 11.9. The van der Waals surface area contributed by atoms with Gasteiger partial charge in [-0.1, -0.05) is 32.9 Å². The lowest BCUT2D eigenvalue weighted by Gasteiger charge is -2.36. The molecule has 0 unspecified atom stereocenters. The number of ether oxygens (including phenoxy) is 1. The Bertz CT molecular complexity index is 1090. The number of benzene rings is 1. The molecule has 3 rings (SSSR count). The van der Waals surface area contributed by atoms with E-state index in [0.29, 0.717) is 23.5 Å². The number of carbonyl (C=O) groups excluding carboxylic acids is 1. The Morgan fingerprint density at radius 2 is 1.63 bits per heavy atom. The molecule has 38 heavy (non-hydrogen) atoms. The summed E-state index contributed by atoms with van der Waals surface area (Å²) in [5.74, 6) is -0.769. The maximum atomic E-state index is 12.7. The number of aliphatic carboxylic acids is 2. The molecule has 0 atom stereocenters. The van der Waals surface area contributed by atoms with E-state index in [2.05, 4.69) is 32.2 Å². The number of nitrogens with zero attached hydrogens (tertiary/aromatic N) is 3. The fourth-order valence-electron chi connectivity index (χ4n) is 3.89. The highest BCUT2D eigenvalue weighted by Crippen LogP contribution is 2.28. The fraction of sp³-hybridized carbons (Fsp3) is 0.429. The number of ketones is 1. The Hall–Kier alpha value is -3.92. The second-order valence-electron chi connectivity index (χ2n) is 9.77. The van der Waals surface area contributed by atoms with Crippen molar-refractivity contribution >= 4 is 29.2 Å². The van der Waals surface area contributed by atoms with Gasteiger partial charge in [-0.3, -0.25) is 9.69 Å². The monoisotopic (exact) mass is 526 g/mol. The van der Waals surface area contributed by atoms with Crippen LogP contribution < -0.4 is 15.0 Å². The third kappa shape index (κ3) is 9.85. The first-order valence-electron chi connectivity index (χ1n) is 12.5. The summed E-state index contributed by atoms with van der Waals surface area (Å²) in [7, 11) is 1.73. The molecule has 0 bridgehead atoms. The number of carbonyl (C=O) groups is 3. The number of nitrogens with one attached hydrogen (secondary N) is 1. The highest BCUT2D eigenvalue weighted by molar-refractivity contribution is 6.03. The summed E-state index contributed by atoms with van der Waals surface area (Å²) < 4.78 is 5.50. The van der Waals surface area contributed by atoms with Crippen LogP contribution in [0.1, 0.15) is 37.6 Å². The van der Waals surface area contributed by atoms with E-state index in [9.17, 15) is 14.4 Å². The maximum absolute atomic E-state index is 12.7. The van der Waals surface area contributed by atoms with Gasteiger partial charge in [0.25, 0.3) is 0 Å². The maximum Gasteiger partial charge on any atom is 0.328 e. The Morgan fingerprint density at radius 1 is 1.00 bits per heavy atom. The Kier molecular flexibility index (Phi) is 11.7. The van der Waals surface area contributed by atoms with E-state index in [4.69, 9.17) is 14.9 Å². The molecule has 1 fully saturated rings. The van der Waals surface area contributed by atoms with Gasteiger partial charge in [-0.25, -0.2) is 14.6 Å². The molecule has 0 radical (unpaired) electrons. The van der Waals surface area contributed by atoms with Crippen molar-refractivity contribution < 1.29 is 29.3 Å². The smallest absolute Gasteiger partial charge is 0.328 e. The van der Waals surface area contributed by atoms with Crippen LogP contribution in [0.2, 0.25) is 0 Å². The summed E-state index contributed by atoms with van der Waals surface area (Å²) in [5.41, 5.74) is 1.43. The van der Waals surface area contributed by atoms with E-state index in [1.807, 2.05) is 45.0 Å². The molecule has 0 aliphatic carbocycles. The summed E-state index contributed by atoms with van der Waals surface area (Å²) in [5, 5.41) is 19.0. The molecule has 0 spiro atoms. The van der Waals surface area contributed by atoms with E-state index >= 15 is 0 Å². The minimum Gasteiger partial charge on any atom is -0.495 e. The first-order chi connectivity index (χ1) is 18.0. The highest BCUT2D eigenvalue weighted by Gasteiger charge is 2.25. The van der Waals surface area contributed by atoms with E-state index in [0.717, 1.165) is 51.4 Å². The number of methoxy groups -OCH3 is 1. The number of pyridine rings is 1. The van der Waals surface area contributed by atoms with Gasteiger partial charge >= 0.3 is 11.9 Å². The minimum absolute atomic E-state index is 0.116. The molecule has 2 heterocycles. The van der Waals surface area contributed by atoms with Crippen molar-refractivity contribution in [3.63, 3.8) is 0 Å². The standard InChI is InChI=1S/C24H34N4O2.C4H4O4/c1-24(2,3)22(29)19-9-7-12-25-23(19)26-13-8-14-27-15-17-28(18-16-27)20-10-5-6-11-21(20)30-4;5-3(6)1-2-4(7)8/h5-7,9-12H,8,13-18H2,1-4H3,(H,25,26);1-2H,(H,5,6)(H,7,8). The van der Waals surface area contributed by atoms with Gasteiger partial charge in [0.05, 0.1) is 18.4 Å². The van der Waals surface area contributed by atoms with Crippen LogP contribution in [-0.2, 0) is 9.59 Å². The zero-order chi connectivity index (χ0) is 28.1. The molecule has 206 valence electrons. The van der Waals surface area contributed by atoms with Gasteiger partial charge in [0.2, 0.25) is 0 Å². The van der Waals surface area contributed by atoms with Crippen molar-refractivity contribution in [1.29, 1.82) is 0 Å². The van der Waals surface area contributed by atoms with E-state index in [1.165, 1.54) is 5.69 Å². The van der Waals surface area contributed by atoms with Crippen molar-refractivity contribution in [3.8, 4) is 5.75 Å². The second-order valence-corrected chi connectivity index (χ2v) is 9.77. The van der Waals surface area contributed by atoms with Crippen molar-refractivity contribution in [2.75, 3.05) is 56.6 Å². The van der Waals surface area contributed by atoms with Crippen LogP contribution in [0.5, 0.6) is 5.75 Å². The van der Waals surface area contributed by atoms with Crippen molar-refractivity contribution in [3.05, 3.63) is 60.3 Å². The normalized spacial score (nSPS) is 13.9. The van der Waals surface area contributed by atoms with Crippen LogP contribution in [0.4, 0.5) is 11.5 Å². The fourth-order valence-corrected chi connectivity index (χ4v) is 3.89. The number of carboxylic acids is 2. The van der Waals surface area contributed by atoms with Crippen LogP contribution >= 0.6 is 0 Å². The number of carboxylic acid groups (broad SMARTS) is 2. The first-order valence-corrected chi connectivity index (χ1v) is 12.5. The highest BCUT2D eigenvalue weighted by atomic mass is 16.5. The van der Waals surface area contributed by atoms with Gasteiger partial charge < -0.3 is 25.2 Å². The zero-order valence-corrected chi connectivity index (χ0v) is 22.5. The van der Waals surface area contributed by atoms with Crippen LogP contribution in [0.25, 0.3) is 0 Å². The minimum atomic E-state index is -1.26. The lowest BCUT2D eigenvalue weighted by atomic mass is 9.87. The average molecular weight is 527 g/mol. The van der Waals surface area contributed by atoms with E-state index in [1.54, 1.807) is 13.3 Å². The molecular formula is C28H38N4O6. The molecule has 1 aliphatic rings. The molecule has 3 N–H and O–H groups in total. The van der Waals surface area contributed by atoms with E-state index < -0.39 is 17.4 Å². The molecule has 0 amide bonds. The number of piperazine rings is 1. The Balaban J connectivity index is 0.000000550. The van der Waals surface area contributed by atoms with Gasteiger partial charge in [-0.2, -0.15) is 0 Å². The van der Waals surface area contributed by atoms with Gasteiger partial charge in [-0.15, -0.1) is 0 Å². The largest absolute Gasteiger partial charge is 0.495 e. The summed E-state index contributed by atoms with van der Waals surface area (Å²) in [6.45, 7) is 11.7. The van der Waals surface area contributed by atoms with Crippen LogP contribution in [-0.4, -0.2) is 84.2 Å². The molecule has 10 nitrogen and oxygen atoms in total. The summed E-state index contributed by atoms with van der Waals surface area (Å²) in [4.78, 5) is 41.0. The number of para-hydroxylation sites is 2. The number of aromatic nitrogens is 1. The molecule has 2 aromatic rings. The summed E-state index contributed by atoms with van der Waals surface area (Å²) >= 11 is 0. The third-order valence-electron chi connectivity index (χ3n) is 5.84. The number of anilines is 2. The molecule has 1 aliphatic heterocycles. The molecule has 1 aromatic carbocycles. The number of Topliss-reactive ketones (excluding diaryl/α,β-unsaturated/α-hetero) is 1. The molecule has 10 heteroatoms. The van der Waals surface area contributed by atoms with Crippen LogP contribution in [0.15, 0.2) is 54.7 Å². The van der Waals surface area contributed by atoms with Gasteiger partial charge in [-0.05, 0) is 37.2 Å². The van der Waals surface area contributed by atoms with Gasteiger partial charge in [0.1, 0.15) is 11.6 Å². The van der Waals surface area contributed by atoms with Gasteiger partial charge in [0.15, 0.2) is 5.78 Å². The van der Waals surface area contributed by atoms with Crippen LogP contribution in [0.3, 0.4) is 0 Å². The van der Waals surface area contributed by atoms with E-state index in [-0.39, 0.29) is 5.78 Å². The number of hydrogen-bond acceptors (Lipinski definition) is 8. The Morgan fingerprint density at radius 3 is 2.21 bits per heavy atom. The number of rotatable bonds is 10. The Labute approximate surface area is 223 Å². The van der Waals surface area contributed by atoms with Crippen molar-refractivity contribution in [1.82, 2.24) is 9.88 Å². The molecule has 0 saturated carbocycles. The molecular weight excluding hydrogens is 488 g/mol. The summed E-state index contributed by atoms with van der Waals surface area (Å²) in [6.07, 6.45) is 3.86. The lowest BCUT2D eigenvalue weighted by Crippen LogP contribution is -2.47. The zero-order valence-electron chi connectivity index (χ0n) is 22.5. The first kappa shape index (κ1) is 30.3. The lowest BCUT2D eigenvalue weighted by molar-refractivity contribution is -0.134. The topological polar surface area (TPSA) is 132 Å². The van der Waals surface area contributed by atoms with Crippen molar-refractivity contribution in [2.24, 2.45) is 5.41 Å². The SMILES string of the molecule is COc1ccccc1N1CCN(CCCNc2ncccc2C(=O)C(C)(C)C)CC1.O=C(O)C=CC(=O)O. The quantitative estimate of drug-likeness (QED) is 0.239. The predicted molar refractivity (Wildman–Crippen MR) is 147 cm³/mol. The molecule has 1 aromatic heterocycles.